The van der Waals surface area contributed by atoms with Crippen molar-refractivity contribution in [2.75, 3.05) is 0 Å². The molecule has 0 bridgehead atoms. The molecule has 14 heavy (non-hydrogen) atoms. The van der Waals surface area contributed by atoms with Crippen molar-refractivity contribution in [3.63, 3.8) is 0 Å². The quantitative estimate of drug-likeness (QED) is 0.715. The minimum absolute atomic E-state index is 0.114. The summed E-state index contributed by atoms with van der Waals surface area (Å²) in [5.41, 5.74) is 0.752. The molecule has 5 nitrogen and oxygen atoms in total. The number of nitrogens with one attached hydrogen (secondary N) is 1. The molecule has 1 N–H and O–H groups in total. The van der Waals surface area contributed by atoms with Crippen molar-refractivity contribution in [2.24, 2.45) is 0 Å². The molecule has 2 heterocycles. The zero-order chi connectivity index (χ0) is 10.1. The molecule has 0 fully saturated rings. The van der Waals surface area contributed by atoms with Gasteiger partial charge in [-0.05, 0) is 19.9 Å². The SMILES string of the molecule is Cc1nnc(C)n1-c1ccc(=O)[nH]c1. The Balaban J connectivity index is 2.60. The van der Waals surface area contributed by atoms with Gasteiger partial charge in [-0.25, -0.2) is 0 Å². The van der Waals surface area contributed by atoms with Gasteiger partial charge in [0, 0.05) is 12.3 Å². The van der Waals surface area contributed by atoms with Crippen molar-refractivity contribution in [3.05, 3.63) is 40.3 Å². The van der Waals surface area contributed by atoms with Crippen LogP contribution in [0.15, 0.2) is 23.1 Å². The first kappa shape index (κ1) is 8.68. The Labute approximate surface area is 80.4 Å². The number of rotatable bonds is 1. The molecule has 2 aromatic heterocycles. The first-order valence-corrected chi connectivity index (χ1v) is 4.26. The molecule has 0 amide bonds. The molecule has 0 saturated heterocycles. The number of nitrogens with zero attached hydrogens (tertiary/aromatic N) is 3. The Kier molecular flexibility index (Phi) is 1.92. The van der Waals surface area contributed by atoms with Crippen molar-refractivity contribution in [1.29, 1.82) is 0 Å². The second-order valence-corrected chi connectivity index (χ2v) is 3.04. The average molecular weight is 190 g/mol. The smallest absolute Gasteiger partial charge is 0.248 e. The Morgan fingerprint density at radius 1 is 1.21 bits per heavy atom. The largest absolute Gasteiger partial charge is 0.327 e. The number of aryl methyl sites for hydroxylation is 2. The molecule has 0 aliphatic carbocycles. The fourth-order valence-electron chi connectivity index (χ4n) is 1.38. The standard InChI is InChI=1S/C9H10N4O/c1-6-11-12-7(2)13(6)8-3-4-9(14)10-5-8/h3-5H,1-2H3,(H,10,14). The molecule has 0 radical (unpaired) electrons. The highest BCUT2D eigenvalue weighted by molar-refractivity contribution is 5.30. The van der Waals surface area contributed by atoms with Gasteiger partial charge in [0.2, 0.25) is 5.56 Å². The van der Waals surface area contributed by atoms with E-state index in [0.717, 1.165) is 17.3 Å². The molecular weight excluding hydrogens is 180 g/mol. The van der Waals surface area contributed by atoms with Gasteiger partial charge in [-0.2, -0.15) is 0 Å². The fourth-order valence-corrected chi connectivity index (χ4v) is 1.38. The van der Waals surface area contributed by atoms with E-state index >= 15 is 0 Å². The Morgan fingerprint density at radius 2 is 1.86 bits per heavy atom. The molecular formula is C9H10N4O. The van der Waals surface area contributed by atoms with E-state index in [0.29, 0.717) is 0 Å². The topological polar surface area (TPSA) is 63.6 Å². The lowest BCUT2D eigenvalue weighted by Gasteiger charge is -2.04. The predicted molar refractivity (Wildman–Crippen MR) is 51.5 cm³/mol. The normalized spacial score (nSPS) is 10.4. The third kappa shape index (κ3) is 1.32. The molecule has 0 aliphatic heterocycles. The Bertz CT molecular complexity index is 472. The van der Waals surface area contributed by atoms with Crippen molar-refractivity contribution in [1.82, 2.24) is 19.7 Å². The van der Waals surface area contributed by atoms with Crippen LogP contribution in [0.4, 0.5) is 0 Å². The number of H-pyrrole nitrogens is 1. The lowest BCUT2D eigenvalue weighted by molar-refractivity contribution is 0.926. The van der Waals surface area contributed by atoms with Crippen LogP contribution in [0.1, 0.15) is 11.6 Å². The van der Waals surface area contributed by atoms with E-state index in [1.54, 1.807) is 12.3 Å². The van der Waals surface area contributed by atoms with Crippen LogP contribution in [0, 0.1) is 13.8 Å². The van der Waals surface area contributed by atoms with E-state index in [2.05, 4.69) is 15.2 Å². The number of pyridine rings is 1. The second-order valence-electron chi connectivity index (χ2n) is 3.04. The van der Waals surface area contributed by atoms with Crippen LogP contribution >= 0.6 is 0 Å². The second kappa shape index (κ2) is 3.10. The van der Waals surface area contributed by atoms with E-state index in [4.69, 9.17) is 0 Å². The average Bonchev–Trinajstić information content (AvgIpc) is 2.49. The first-order chi connectivity index (χ1) is 6.68. The zero-order valence-electron chi connectivity index (χ0n) is 7.98. The fraction of sp³-hybridized carbons (Fsp3) is 0.222. The van der Waals surface area contributed by atoms with E-state index in [9.17, 15) is 4.79 Å². The molecule has 2 aromatic rings. The number of hydrogen-bond donors (Lipinski definition) is 1. The van der Waals surface area contributed by atoms with Crippen LogP contribution in [-0.2, 0) is 0 Å². The van der Waals surface area contributed by atoms with Crippen molar-refractivity contribution in [3.8, 4) is 5.69 Å². The Hall–Kier alpha value is -1.91. The number of hydrogen-bond acceptors (Lipinski definition) is 3. The molecule has 0 spiro atoms. The molecule has 0 atom stereocenters. The molecule has 0 aliphatic rings. The van der Waals surface area contributed by atoms with E-state index in [1.165, 1.54) is 6.07 Å². The number of aromatic amines is 1. The summed E-state index contributed by atoms with van der Waals surface area (Å²) in [5, 5.41) is 7.87. The molecule has 0 saturated carbocycles. The van der Waals surface area contributed by atoms with Crippen LogP contribution in [0.2, 0.25) is 0 Å². The highest BCUT2D eigenvalue weighted by Crippen LogP contribution is 2.08. The third-order valence-electron chi connectivity index (χ3n) is 2.01. The summed E-state index contributed by atoms with van der Waals surface area (Å²) in [4.78, 5) is 13.5. The minimum Gasteiger partial charge on any atom is -0.327 e. The van der Waals surface area contributed by atoms with Gasteiger partial charge in [0.05, 0.1) is 5.69 Å². The zero-order valence-corrected chi connectivity index (χ0v) is 7.98. The van der Waals surface area contributed by atoms with Crippen molar-refractivity contribution < 1.29 is 0 Å². The summed E-state index contributed by atoms with van der Waals surface area (Å²) in [6.45, 7) is 3.73. The van der Waals surface area contributed by atoms with Gasteiger partial charge in [-0.1, -0.05) is 0 Å². The predicted octanol–water partition coefficient (Wildman–Crippen LogP) is 0.572. The van der Waals surface area contributed by atoms with Gasteiger partial charge >= 0.3 is 0 Å². The maximum absolute atomic E-state index is 10.9. The lowest BCUT2D eigenvalue weighted by atomic mass is 10.4. The Morgan fingerprint density at radius 3 is 2.36 bits per heavy atom. The summed E-state index contributed by atoms with van der Waals surface area (Å²) < 4.78 is 1.87. The van der Waals surface area contributed by atoms with Gasteiger partial charge < -0.3 is 4.98 Å². The van der Waals surface area contributed by atoms with Gasteiger partial charge in [0.15, 0.2) is 0 Å². The monoisotopic (exact) mass is 190 g/mol. The molecule has 5 heteroatoms. The summed E-state index contributed by atoms with van der Waals surface area (Å²) >= 11 is 0. The molecule has 72 valence electrons. The summed E-state index contributed by atoms with van der Waals surface area (Å²) in [6, 6.07) is 3.22. The van der Waals surface area contributed by atoms with Crippen molar-refractivity contribution in [2.45, 2.75) is 13.8 Å². The van der Waals surface area contributed by atoms with Crippen LogP contribution in [-0.4, -0.2) is 19.7 Å². The van der Waals surface area contributed by atoms with E-state index < -0.39 is 0 Å². The molecule has 0 aromatic carbocycles. The summed E-state index contributed by atoms with van der Waals surface area (Å²) in [7, 11) is 0. The third-order valence-corrected chi connectivity index (χ3v) is 2.01. The maximum atomic E-state index is 10.9. The highest BCUT2D eigenvalue weighted by atomic mass is 16.1. The molecule has 2 rings (SSSR count). The maximum Gasteiger partial charge on any atom is 0.248 e. The van der Waals surface area contributed by atoms with Gasteiger partial charge in [0.1, 0.15) is 11.6 Å². The van der Waals surface area contributed by atoms with Gasteiger partial charge in [-0.15, -0.1) is 10.2 Å². The van der Waals surface area contributed by atoms with Gasteiger partial charge in [0.25, 0.3) is 0 Å². The van der Waals surface area contributed by atoms with Crippen LogP contribution in [0.3, 0.4) is 0 Å². The van der Waals surface area contributed by atoms with Crippen LogP contribution < -0.4 is 5.56 Å². The summed E-state index contributed by atoms with van der Waals surface area (Å²) in [5.74, 6) is 1.60. The van der Waals surface area contributed by atoms with Crippen LogP contribution in [0.25, 0.3) is 5.69 Å². The highest BCUT2D eigenvalue weighted by Gasteiger charge is 2.05. The first-order valence-electron chi connectivity index (χ1n) is 4.26. The number of aromatic nitrogens is 4. The van der Waals surface area contributed by atoms with Gasteiger partial charge in [-0.3, -0.25) is 9.36 Å². The van der Waals surface area contributed by atoms with E-state index in [-0.39, 0.29) is 5.56 Å². The van der Waals surface area contributed by atoms with Crippen LogP contribution in [0.5, 0.6) is 0 Å². The summed E-state index contributed by atoms with van der Waals surface area (Å²) in [6.07, 6.45) is 1.64. The minimum atomic E-state index is -0.114. The van der Waals surface area contributed by atoms with E-state index in [1.807, 2.05) is 18.4 Å². The lowest BCUT2D eigenvalue weighted by Crippen LogP contribution is -2.06. The molecule has 0 unspecified atom stereocenters. The van der Waals surface area contributed by atoms with Crippen molar-refractivity contribution >= 4 is 0 Å².